The van der Waals surface area contributed by atoms with Crippen molar-refractivity contribution in [2.75, 3.05) is 32.8 Å². The third kappa shape index (κ3) is 4.58. The molecule has 0 aromatic heterocycles. The molecule has 198 valence electrons. The first-order valence-electron chi connectivity index (χ1n) is 11.9. The molecule has 0 spiro atoms. The summed E-state index contributed by atoms with van der Waals surface area (Å²) in [6.07, 6.45) is 0. The van der Waals surface area contributed by atoms with Gasteiger partial charge in [0, 0.05) is 5.56 Å². The Balaban J connectivity index is 2.00. The Morgan fingerprint density at radius 1 is 0.868 bits per heavy atom. The first-order chi connectivity index (χ1) is 18.2. The fourth-order valence-corrected chi connectivity index (χ4v) is 4.49. The summed E-state index contributed by atoms with van der Waals surface area (Å²) in [6.45, 7) is 3.98. The third-order valence-electron chi connectivity index (χ3n) is 6.30. The number of phenols is 1. The van der Waals surface area contributed by atoms with Crippen LogP contribution in [0.15, 0.2) is 60.2 Å². The fourth-order valence-electron chi connectivity index (χ4n) is 4.49. The predicted molar refractivity (Wildman–Crippen MR) is 141 cm³/mol. The highest BCUT2D eigenvalue weighted by Crippen LogP contribution is 2.46. The average molecular weight is 520 g/mol. The molecule has 1 fully saturated rings. The Bertz CT molecular complexity index is 1430. The molecule has 0 radical (unpaired) electrons. The normalized spacial score (nSPS) is 16.4. The van der Waals surface area contributed by atoms with Crippen LogP contribution in [0.3, 0.4) is 0 Å². The average Bonchev–Trinajstić information content (AvgIpc) is 3.19. The zero-order chi connectivity index (χ0) is 27.6. The Labute approximate surface area is 220 Å². The number of nitrogens with zero attached hydrogens (tertiary/aromatic N) is 1. The molecular weight excluding hydrogens is 490 g/mol. The number of aliphatic hydroxyl groups is 1. The first-order valence-corrected chi connectivity index (χ1v) is 11.9. The summed E-state index contributed by atoms with van der Waals surface area (Å²) in [5.41, 5.74) is 1.46. The Morgan fingerprint density at radius 2 is 1.53 bits per heavy atom. The van der Waals surface area contributed by atoms with Crippen LogP contribution >= 0.6 is 0 Å². The number of hydrogen-bond acceptors (Lipinski definition) is 8. The maximum atomic E-state index is 13.5. The Kier molecular flexibility index (Phi) is 7.47. The minimum Gasteiger partial charge on any atom is -0.507 e. The van der Waals surface area contributed by atoms with E-state index in [1.165, 1.54) is 38.4 Å². The summed E-state index contributed by atoms with van der Waals surface area (Å²) in [4.78, 5) is 28.2. The second-order valence-electron chi connectivity index (χ2n) is 8.57. The lowest BCUT2D eigenvalue weighted by Crippen LogP contribution is -2.29. The number of ketones is 1. The monoisotopic (exact) mass is 519 g/mol. The number of anilines is 1. The van der Waals surface area contributed by atoms with Gasteiger partial charge in [-0.2, -0.15) is 0 Å². The summed E-state index contributed by atoms with van der Waals surface area (Å²) in [5.74, 6) is -0.763. The van der Waals surface area contributed by atoms with Crippen molar-refractivity contribution in [2.24, 2.45) is 0 Å². The molecule has 0 saturated carbocycles. The number of benzene rings is 3. The zero-order valence-corrected chi connectivity index (χ0v) is 21.8. The van der Waals surface area contributed by atoms with Crippen molar-refractivity contribution in [1.29, 1.82) is 0 Å². The molecular formula is C29H29NO8. The van der Waals surface area contributed by atoms with Gasteiger partial charge in [0.1, 0.15) is 11.5 Å². The summed E-state index contributed by atoms with van der Waals surface area (Å²) >= 11 is 0. The van der Waals surface area contributed by atoms with Crippen molar-refractivity contribution < 1.29 is 38.7 Å². The molecule has 1 unspecified atom stereocenters. The molecule has 0 aliphatic carbocycles. The molecule has 0 bridgehead atoms. The molecule has 1 aliphatic heterocycles. The molecule has 3 aromatic rings. The van der Waals surface area contributed by atoms with Gasteiger partial charge in [0.25, 0.3) is 11.7 Å². The quantitative estimate of drug-likeness (QED) is 0.249. The van der Waals surface area contributed by atoms with E-state index in [0.717, 1.165) is 5.56 Å². The van der Waals surface area contributed by atoms with E-state index in [4.69, 9.17) is 18.9 Å². The number of rotatable bonds is 8. The standard InChI is InChI=1S/C29H29NO8/c1-6-38-24-14-17(8-11-22(24)36-4)26-25(27(32)18-9-12-21(35-3)23(15-18)37-5)28(33)29(34)30(26)19-13-16(2)7-10-20(19)31/h7-15,26,31-32H,6H2,1-5H3/b27-25-. The molecule has 3 aromatic carbocycles. The summed E-state index contributed by atoms with van der Waals surface area (Å²) < 4.78 is 21.8. The summed E-state index contributed by atoms with van der Waals surface area (Å²) in [6, 6.07) is 13.3. The van der Waals surface area contributed by atoms with Crippen molar-refractivity contribution in [2.45, 2.75) is 19.9 Å². The van der Waals surface area contributed by atoms with Crippen LogP contribution in [0.1, 0.15) is 29.7 Å². The van der Waals surface area contributed by atoms with E-state index in [1.54, 1.807) is 49.4 Å². The van der Waals surface area contributed by atoms with Crippen molar-refractivity contribution >= 4 is 23.1 Å². The number of phenolic OH excluding ortho intramolecular Hbond substituents is 1. The van der Waals surface area contributed by atoms with Gasteiger partial charge in [-0.3, -0.25) is 14.5 Å². The third-order valence-corrected chi connectivity index (χ3v) is 6.30. The van der Waals surface area contributed by atoms with Crippen LogP contribution in [0.25, 0.3) is 5.76 Å². The molecule has 1 amide bonds. The number of aryl methyl sites for hydroxylation is 1. The van der Waals surface area contributed by atoms with Crippen LogP contribution in [-0.4, -0.2) is 49.8 Å². The van der Waals surface area contributed by atoms with Crippen LogP contribution in [-0.2, 0) is 9.59 Å². The van der Waals surface area contributed by atoms with Gasteiger partial charge in [-0.25, -0.2) is 0 Å². The highest BCUT2D eigenvalue weighted by Gasteiger charge is 2.48. The Hall–Kier alpha value is -4.66. The zero-order valence-electron chi connectivity index (χ0n) is 21.8. The van der Waals surface area contributed by atoms with Crippen LogP contribution < -0.4 is 23.8 Å². The van der Waals surface area contributed by atoms with Crippen molar-refractivity contribution in [1.82, 2.24) is 0 Å². The van der Waals surface area contributed by atoms with E-state index in [2.05, 4.69) is 0 Å². The number of ether oxygens (including phenoxy) is 4. The minimum absolute atomic E-state index is 0.136. The SMILES string of the molecule is CCOc1cc(C2/C(=C(/O)c3ccc(OC)c(OC)c3)C(=O)C(=O)N2c2cc(C)ccc2O)ccc1OC. The second kappa shape index (κ2) is 10.8. The number of aliphatic hydroxyl groups excluding tert-OH is 1. The van der Waals surface area contributed by atoms with Gasteiger partial charge in [-0.05, 0) is 67.4 Å². The number of Topliss-reactive ketones (excluding diaryl/α,β-unsaturated/α-hetero) is 1. The van der Waals surface area contributed by atoms with Crippen molar-refractivity contribution in [3.05, 3.63) is 76.9 Å². The lowest BCUT2D eigenvalue weighted by atomic mass is 9.94. The van der Waals surface area contributed by atoms with Crippen LogP contribution in [0.5, 0.6) is 28.7 Å². The van der Waals surface area contributed by atoms with Gasteiger partial charge < -0.3 is 29.2 Å². The number of hydrogen-bond donors (Lipinski definition) is 2. The Morgan fingerprint density at radius 3 is 2.18 bits per heavy atom. The molecule has 9 nitrogen and oxygen atoms in total. The molecule has 1 aliphatic rings. The molecule has 1 atom stereocenters. The fraction of sp³-hybridized carbons (Fsp3) is 0.241. The summed E-state index contributed by atoms with van der Waals surface area (Å²) in [5, 5.41) is 22.1. The molecule has 38 heavy (non-hydrogen) atoms. The van der Waals surface area contributed by atoms with E-state index in [1.807, 2.05) is 6.92 Å². The number of methoxy groups -OCH3 is 3. The highest BCUT2D eigenvalue weighted by atomic mass is 16.5. The van der Waals surface area contributed by atoms with Gasteiger partial charge in [-0.15, -0.1) is 0 Å². The summed E-state index contributed by atoms with van der Waals surface area (Å²) in [7, 11) is 4.44. The van der Waals surface area contributed by atoms with Gasteiger partial charge >= 0.3 is 0 Å². The van der Waals surface area contributed by atoms with E-state index >= 15 is 0 Å². The molecule has 4 rings (SSSR count). The number of amides is 1. The van der Waals surface area contributed by atoms with Gasteiger partial charge in [-0.1, -0.05) is 12.1 Å². The van der Waals surface area contributed by atoms with E-state index in [0.29, 0.717) is 35.2 Å². The molecule has 2 N–H and O–H groups in total. The lowest BCUT2D eigenvalue weighted by Gasteiger charge is -2.27. The maximum absolute atomic E-state index is 13.5. The lowest BCUT2D eigenvalue weighted by molar-refractivity contribution is -0.132. The van der Waals surface area contributed by atoms with Crippen LogP contribution in [0.2, 0.25) is 0 Å². The largest absolute Gasteiger partial charge is 0.507 e. The first kappa shape index (κ1) is 26.4. The van der Waals surface area contributed by atoms with Crippen molar-refractivity contribution in [3.8, 4) is 28.7 Å². The van der Waals surface area contributed by atoms with Crippen LogP contribution in [0.4, 0.5) is 5.69 Å². The highest BCUT2D eigenvalue weighted by molar-refractivity contribution is 6.52. The minimum atomic E-state index is -1.08. The number of carbonyl (C=O) groups is 2. The van der Waals surface area contributed by atoms with Gasteiger partial charge in [0.15, 0.2) is 23.0 Å². The smallest absolute Gasteiger partial charge is 0.300 e. The molecule has 1 saturated heterocycles. The van der Waals surface area contributed by atoms with E-state index in [-0.39, 0.29) is 22.6 Å². The van der Waals surface area contributed by atoms with E-state index in [9.17, 15) is 19.8 Å². The topological polar surface area (TPSA) is 115 Å². The second-order valence-corrected chi connectivity index (χ2v) is 8.57. The number of carbonyl (C=O) groups excluding carboxylic acids is 2. The van der Waals surface area contributed by atoms with E-state index < -0.39 is 23.5 Å². The van der Waals surface area contributed by atoms with Crippen molar-refractivity contribution in [3.63, 3.8) is 0 Å². The predicted octanol–water partition coefficient (Wildman–Crippen LogP) is 4.75. The molecule has 9 heteroatoms. The number of aromatic hydroxyl groups is 1. The van der Waals surface area contributed by atoms with Gasteiger partial charge in [0.05, 0.1) is 45.2 Å². The maximum Gasteiger partial charge on any atom is 0.300 e. The van der Waals surface area contributed by atoms with Gasteiger partial charge in [0.2, 0.25) is 0 Å². The molecule has 1 heterocycles. The van der Waals surface area contributed by atoms with Crippen LogP contribution in [0, 0.1) is 6.92 Å².